The summed E-state index contributed by atoms with van der Waals surface area (Å²) in [5.41, 5.74) is -0.790. The van der Waals surface area contributed by atoms with E-state index in [1.165, 1.54) is 0 Å². The van der Waals surface area contributed by atoms with Crippen LogP contribution in [0.4, 0.5) is 0 Å². The summed E-state index contributed by atoms with van der Waals surface area (Å²) in [7, 11) is 0. The van der Waals surface area contributed by atoms with Crippen LogP contribution in [-0.4, -0.2) is 22.7 Å². The van der Waals surface area contributed by atoms with Gasteiger partial charge in [0.1, 0.15) is 0 Å². The van der Waals surface area contributed by atoms with Crippen molar-refractivity contribution in [1.82, 2.24) is 0 Å². The molecule has 0 saturated heterocycles. The molecular formula is C4H4N2O5. The Morgan fingerprint density at radius 1 is 1.36 bits per heavy atom. The van der Waals surface area contributed by atoms with Gasteiger partial charge in [-0.15, -0.1) is 0 Å². The molecule has 60 valence electrons. The first-order valence-corrected chi connectivity index (χ1v) is 2.49. The molecule has 0 aromatic rings. The van der Waals surface area contributed by atoms with Crippen LogP contribution < -0.4 is 0 Å². The Labute approximate surface area is 60.6 Å². The van der Waals surface area contributed by atoms with E-state index in [2.05, 4.69) is 0 Å². The molecular weight excluding hydrogens is 156 g/mol. The van der Waals surface area contributed by atoms with Crippen LogP contribution in [0.1, 0.15) is 0 Å². The van der Waals surface area contributed by atoms with Crippen LogP contribution in [0, 0.1) is 20.2 Å². The molecule has 0 aliphatic heterocycles. The third-order valence-corrected chi connectivity index (χ3v) is 0.781. The molecule has 0 aromatic heterocycles. The lowest BCUT2D eigenvalue weighted by atomic mass is 10.4. The Morgan fingerprint density at radius 2 is 1.91 bits per heavy atom. The summed E-state index contributed by atoms with van der Waals surface area (Å²) >= 11 is 0. The molecule has 0 radical (unpaired) electrons. The minimum atomic E-state index is -0.976. The van der Waals surface area contributed by atoms with Crippen LogP contribution >= 0.6 is 0 Å². The van der Waals surface area contributed by atoms with Crippen molar-refractivity contribution in [1.29, 1.82) is 0 Å². The summed E-state index contributed by atoms with van der Waals surface area (Å²) in [6.07, 6.45) is 0.608. The smallest absolute Gasteiger partial charge is 0.291 e. The summed E-state index contributed by atoms with van der Waals surface area (Å²) in [5, 5.41) is 19.5. The van der Waals surface area contributed by atoms with Crippen LogP contribution in [0.5, 0.6) is 0 Å². The van der Waals surface area contributed by atoms with Gasteiger partial charge in [0.05, 0.1) is 11.0 Å². The molecule has 0 fully saturated rings. The molecule has 0 unspecified atom stereocenters. The molecule has 0 saturated carbocycles. The number of nitrogens with zero attached hydrogens (tertiary/aromatic N) is 2. The van der Waals surface area contributed by atoms with E-state index in [-0.39, 0.29) is 6.29 Å². The van der Waals surface area contributed by atoms with E-state index in [1.54, 1.807) is 0 Å². The number of nitro groups is 2. The zero-order valence-corrected chi connectivity index (χ0v) is 5.30. The van der Waals surface area contributed by atoms with Gasteiger partial charge in [-0.2, -0.15) is 0 Å². The second kappa shape index (κ2) is 4.09. The SMILES string of the molecule is O=C/C(=C/C[N+](=O)[O-])[N+](=O)[O-]. The number of rotatable bonds is 4. The highest BCUT2D eigenvalue weighted by atomic mass is 16.6. The number of hydrogen-bond acceptors (Lipinski definition) is 5. The Kier molecular flexibility index (Phi) is 3.43. The lowest BCUT2D eigenvalue weighted by Crippen LogP contribution is -2.04. The van der Waals surface area contributed by atoms with Gasteiger partial charge in [0, 0.05) is 4.92 Å². The highest BCUT2D eigenvalue weighted by molar-refractivity contribution is 5.69. The van der Waals surface area contributed by atoms with E-state index in [1.807, 2.05) is 0 Å². The molecule has 0 bridgehead atoms. The molecule has 0 aliphatic rings. The Bertz CT molecular complexity index is 221. The lowest BCUT2D eigenvalue weighted by Gasteiger charge is -1.85. The number of allylic oxidation sites excluding steroid dienone is 1. The normalized spacial score (nSPS) is 10.7. The van der Waals surface area contributed by atoms with E-state index in [0.29, 0.717) is 6.08 Å². The maximum absolute atomic E-state index is 9.83. The molecule has 0 spiro atoms. The Balaban J connectivity index is 4.24. The molecule has 0 rings (SSSR count). The summed E-state index contributed by atoms with van der Waals surface area (Å²) in [6, 6.07) is 0. The summed E-state index contributed by atoms with van der Waals surface area (Å²) in [5.74, 6) is 0. The number of carbonyl (C=O) groups excluding carboxylic acids is 1. The van der Waals surface area contributed by atoms with Gasteiger partial charge in [0.2, 0.25) is 12.8 Å². The van der Waals surface area contributed by atoms with Crippen LogP contribution in [0.25, 0.3) is 0 Å². The fourth-order valence-electron chi connectivity index (χ4n) is 0.334. The summed E-state index contributed by atoms with van der Waals surface area (Å²) in [4.78, 5) is 27.6. The quantitative estimate of drug-likeness (QED) is 0.241. The van der Waals surface area contributed by atoms with Gasteiger partial charge in [-0.1, -0.05) is 0 Å². The molecule has 7 nitrogen and oxygen atoms in total. The van der Waals surface area contributed by atoms with Crippen LogP contribution in [0.2, 0.25) is 0 Å². The van der Waals surface area contributed by atoms with Gasteiger partial charge in [-0.3, -0.25) is 25.0 Å². The molecule has 0 aliphatic carbocycles. The van der Waals surface area contributed by atoms with Crippen molar-refractivity contribution in [2.75, 3.05) is 6.54 Å². The molecule has 0 aromatic carbocycles. The van der Waals surface area contributed by atoms with Crippen LogP contribution in [-0.2, 0) is 4.79 Å². The number of carbonyl (C=O) groups is 1. The lowest BCUT2D eigenvalue weighted by molar-refractivity contribution is -0.471. The van der Waals surface area contributed by atoms with Crippen molar-refractivity contribution in [3.05, 3.63) is 32.0 Å². The second-order valence-corrected chi connectivity index (χ2v) is 1.52. The van der Waals surface area contributed by atoms with E-state index < -0.39 is 22.1 Å². The zero-order valence-electron chi connectivity index (χ0n) is 5.30. The van der Waals surface area contributed by atoms with Crippen molar-refractivity contribution in [3.63, 3.8) is 0 Å². The topological polar surface area (TPSA) is 103 Å². The van der Waals surface area contributed by atoms with E-state index in [0.717, 1.165) is 0 Å². The Morgan fingerprint density at radius 3 is 2.18 bits per heavy atom. The fourth-order valence-corrected chi connectivity index (χ4v) is 0.334. The maximum Gasteiger partial charge on any atom is 0.311 e. The Hall–Kier alpha value is -1.79. The average Bonchev–Trinajstić information content (AvgIpc) is 1.87. The molecule has 0 N–H and O–H groups in total. The summed E-state index contributed by atoms with van der Waals surface area (Å²) in [6.45, 7) is -0.713. The fraction of sp³-hybridized carbons (Fsp3) is 0.250. The van der Waals surface area contributed by atoms with Crippen LogP contribution in [0.15, 0.2) is 11.8 Å². The molecule has 11 heavy (non-hydrogen) atoms. The van der Waals surface area contributed by atoms with Crippen molar-refractivity contribution in [2.24, 2.45) is 0 Å². The van der Waals surface area contributed by atoms with Gasteiger partial charge in [-0.25, -0.2) is 0 Å². The second-order valence-electron chi connectivity index (χ2n) is 1.52. The predicted octanol–water partition coefficient (Wildman–Crippen LogP) is -0.377. The average molecular weight is 160 g/mol. The number of aldehydes is 1. The predicted molar refractivity (Wildman–Crippen MR) is 33.0 cm³/mol. The molecule has 0 amide bonds. The monoisotopic (exact) mass is 160 g/mol. The molecule has 7 heteroatoms. The third-order valence-electron chi connectivity index (χ3n) is 0.781. The standard InChI is InChI=1S/C4H4N2O5/c7-3-4(6(10)11)1-2-5(8)9/h1,3H,2H2/b4-1-. The first-order chi connectivity index (χ1) is 5.07. The van der Waals surface area contributed by atoms with Crippen molar-refractivity contribution in [2.45, 2.75) is 0 Å². The van der Waals surface area contributed by atoms with Crippen molar-refractivity contribution in [3.8, 4) is 0 Å². The van der Waals surface area contributed by atoms with Gasteiger partial charge in [-0.05, 0) is 0 Å². The van der Waals surface area contributed by atoms with Gasteiger partial charge in [0.15, 0.2) is 0 Å². The summed E-state index contributed by atoms with van der Waals surface area (Å²) < 4.78 is 0. The zero-order chi connectivity index (χ0) is 8.85. The number of hydrogen-bond donors (Lipinski definition) is 0. The van der Waals surface area contributed by atoms with E-state index in [9.17, 15) is 25.0 Å². The van der Waals surface area contributed by atoms with Gasteiger partial charge < -0.3 is 0 Å². The maximum atomic E-state index is 9.83. The first kappa shape index (κ1) is 9.21. The van der Waals surface area contributed by atoms with Crippen molar-refractivity contribution < 1.29 is 14.6 Å². The van der Waals surface area contributed by atoms with E-state index in [4.69, 9.17) is 0 Å². The molecule has 0 heterocycles. The minimum absolute atomic E-state index is 0.0382. The highest BCUT2D eigenvalue weighted by Crippen LogP contribution is 1.89. The van der Waals surface area contributed by atoms with Gasteiger partial charge in [0.25, 0.3) is 0 Å². The van der Waals surface area contributed by atoms with Gasteiger partial charge >= 0.3 is 5.70 Å². The minimum Gasteiger partial charge on any atom is -0.291 e. The van der Waals surface area contributed by atoms with Crippen LogP contribution in [0.3, 0.4) is 0 Å². The van der Waals surface area contributed by atoms with E-state index >= 15 is 0 Å². The highest BCUT2D eigenvalue weighted by Gasteiger charge is 2.09. The first-order valence-electron chi connectivity index (χ1n) is 2.49. The largest absolute Gasteiger partial charge is 0.311 e. The molecule has 0 atom stereocenters. The third kappa shape index (κ3) is 3.73. The van der Waals surface area contributed by atoms with Crippen molar-refractivity contribution >= 4 is 6.29 Å².